The van der Waals surface area contributed by atoms with Gasteiger partial charge in [-0.25, -0.2) is 0 Å². The molecule has 118 valence electrons. The fraction of sp³-hybridized carbons (Fsp3) is 0.214. The Bertz CT molecular complexity index is 666. The van der Waals surface area contributed by atoms with Crippen molar-refractivity contribution in [2.24, 2.45) is 5.73 Å². The number of nitrogens with two attached hydrogens (primary N) is 1. The molecule has 8 heteroatoms. The number of carboxylic acids is 1. The number of furan rings is 1. The van der Waals surface area contributed by atoms with E-state index in [2.05, 4.69) is 4.74 Å². The first-order chi connectivity index (χ1) is 10.3. The van der Waals surface area contributed by atoms with E-state index in [1.807, 2.05) is 0 Å². The lowest BCUT2D eigenvalue weighted by atomic mass is 10.1. The molecule has 1 heterocycles. The van der Waals surface area contributed by atoms with Gasteiger partial charge in [0.1, 0.15) is 17.3 Å². The summed E-state index contributed by atoms with van der Waals surface area (Å²) in [4.78, 5) is 10.6. The Morgan fingerprint density at radius 3 is 2.59 bits per heavy atom. The van der Waals surface area contributed by atoms with E-state index in [4.69, 9.17) is 15.3 Å². The highest BCUT2D eigenvalue weighted by atomic mass is 19.4. The maximum atomic E-state index is 12.4. The molecule has 0 bridgehead atoms. The number of ether oxygens (including phenoxy) is 1. The van der Waals surface area contributed by atoms with Crippen molar-refractivity contribution in [2.75, 3.05) is 0 Å². The van der Waals surface area contributed by atoms with Crippen molar-refractivity contribution in [1.82, 2.24) is 0 Å². The third-order valence-corrected chi connectivity index (χ3v) is 2.76. The Balaban J connectivity index is 2.29. The summed E-state index contributed by atoms with van der Waals surface area (Å²) in [6.45, 7) is 0. The molecule has 0 radical (unpaired) electrons. The molecule has 1 aromatic carbocycles. The van der Waals surface area contributed by atoms with Crippen LogP contribution >= 0.6 is 0 Å². The van der Waals surface area contributed by atoms with Crippen LogP contribution < -0.4 is 10.5 Å². The summed E-state index contributed by atoms with van der Waals surface area (Å²) in [6, 6.07) is 7.42. The summed E-state index contributed by atoms with van der Waals surface area (Å²) in [6.07, 6.45) is -5.18. The summed E-state index contributed by atoms with van der Waals surface area (Å²) < 4.78 is 46.4. The lowest BCUT2D eigenvalue weighted by Gasteiger charge is -2.12. The SMILES string of the molecule is NC(CC(=O)O)c1ccc(-c2ccccc2OC(F)(F)F)o1. The standard InChI is InChI=1S/C14H12F3NO4/c15-14(16,17)22-11-4-2-1-3-8(11)10-5-6-12(21-10)9(18)7-13(19)20/h1-6,9H,7,18H2,(H,19,20). The molecule has 0 spiro atoms. The van der Waals surface area contributed by atoms with E-state index in [9.17, 15) is 18.0 Å². The summed E-state index contributed by atoms with van der Waals surface area (Å²) in [5, 5.41) is 8.67. The largest absolute Gasteiger partial charge is 0.573 e. The van der Waals surface area contributed by atoms with Gasteiger partial charge in [-0.05, 0) is 24.3 Å². The molecule has 0 aliphatic carbocycles. The Labute approximate surface area is 123 Å². The summed E-state index contributed by atoms with van der Waals surface area (Å²) in [7, 11) is 0. The number of alkyl halides is 3. The minimum atomic E-state index is -4.83. The van der Waals surface area contributed by atoms with Gasteiger partial charge in [-0.1, -0.05) is 12.1 Å². The number of para-hydroxylation sites is 1. The van der Waals surface area contributed by atoms with Gasteiger partial charge in [-0.3, -0.25) is 4.79 Å². The van der Waals surface area contributed by atoms with E-state index in [0.717, 1.165) is 6.07 Å². The molecule has 0 aliphatic rings. The van der Waals surface area contributed by atoms with E-state index in [-0.39, 0.29) is 23.5 Å². The molecule has 1 unspecified atom stereocenters. The molecule has 0 saturated carbocycles. The number of halogens is 3. The first-order valence-electron chi connectivity index (χ1n) is 6.18. The van der Waals surface area contributed by atoms with E-state index in [1.54, 1.807) is 0 Å². The zero-order chi connectivity index (χ0) is 16.3. The highest BCUT2D eigenvalue weighted by molar-refractivity contribution is 5.68. The van der Waals surface area contributed by atoms with Gasteiger partial charge >= 0.3 is 12.3 Å². The van der Waals surface area contributed by atoms with Gasteiger partial charge in [-0.15, -0.1) is 13.2 Å². The number of hydrogen-bond acceptors (Lipinski definition) is 4. The van der Waals surface area contributed by atoms with Crippen LogP contribution in [0.5, 0.6) is 5.75 Å². The number of aliphatic carboxylic acids is 1. The molecular weight excluding hydrogens is 303 g/mol. The van der Waals surface area contributed by atoms with E-state index >= 15 is 0 Å². The molecule has 3 N–H and O–H groups in total. The summed E-state index contributed by atoms with van der Waals surface area (Å²) >= 11 is 0. The summed E-state index contributed by atoms with van der Waals surface area (Å²) in [5.74, 6) is -1.25. The maximum absolute atomic E-state index is 12.4. The monoisotopic (exact) mass is 315 g/mol. The number of benzene rings is 1. The molecule has 0 amide bonds. The van der Waals surface area contributed by atoms with Crippen LogP contribution in [0.4, 0.5) is 13.2 Å². The van der Waals surface area contributed by atoms with Gasteiger partial charge in [0.15, 0.2) is 0 Å². The Kier molecular flexibility index (Phi) is 4.41. The maximum Gasteiger partial charge on any atom is 0.573 e. The predicted molar refractivity (Wildman–Crippen MR) is 70.0 cm³/mol. The van der Waals surface area contributed by atoms with Crippen LogP contribution in [0.3, 0.4) is 0 Å². The van der Waals surface area contributed by atoms with E-state index in [1.165, 1.54) is 30.3 Å². The van der Waals surface area contributed by atoms with Gasteiger partial charge in [0.2, 0.25) is 0 Å². The number of hydrogen-bond donors (Lipinski definition) is 2. The van der Waals surface area contributed by atoms with Crippen LogP contribution in [0, 0.1) is 0 Å². The molecule has 0 fully saturated rings. The Hall–Kier alpha value is -2.48. The number of rotatable bonds is 5. The molecule has 5 nitrogen and oxygen atoms in total. The smallest absolute Gasteiger partial charge is 0.481 e. The topological polar surface area (TPSA) is 85.7 Å². The van der Waals surface area contributed by atoms with Gasteiger partial charge in [0.05, 0.1) is 18.0 Å². The Morgan fingerprint density at radius 2 is 1.95 bits per heavy atom. The van der Waals surface area contributed by atoms with Crippen molar-refractivity contribution in [2.45, 2.75) is 18.8 Å². The average molecular weight is 315 g/mol. The second kappa shape index (κ2) is 6.10. The first-order valence-corrected chi connectivity index (χ1v) is 6.18. The van der Waals surface area contributed by atoms with Gasteiger partial charge in [-0.2, -0.15) is 0 Å². The van der Waals surface area contributed by atoms with Crippen LogP contribution in [0.25, 0.3) is 11.3 Å². The van der Waals surface area contributed by atoms with Crippen LogP contribution in [-0.4, -0.2) is 17.4 Å². The van der Waals surface area contributed by atoms with Gasteiger partial charge in [0, 0.05) is 0 Å². The molecule has 2 rings (SSSR count). The van der Waals surface area contributed by atoms with Crippen LogP contribution in [0.1, 0.15) is 18.2 Å². The highest BCUT2D eigenvalue weighted by Gasteiger charge is 2.32. The highest BCUT2D eigenvalue weighted by Crippen LogP contribution is 2.35. The molecule has 22 heavy (non-hydrogen) atoms. The lowest BCUT2D eigenvalue weighted by Crippen LogP contribution is -2.17. The second-order valence-corrected chi connectivity index (χ2v) is 4.45. The van der Waals surface area contributed by atoms with Gasteiger partial charge < -0.3 is 20.0 Å². The molecule has 1 aromatic heterocycles. The van der Waals surface area contributed by atoms with Crippen molar-refractivity contribution in [3.05, 3.63) is 42.2 Å². The van der Waals surface area contributed by atoms with Crippen LogP contribution in [0.15, 0.2) is 40.8 Å². The second-order valence-electron chi connectivity index (χ2n) is 4.45. The minimum absolute atomic E-state index is 0.0913. The summed E-state index contributed by atoms with van der Waals surface area (Å²) in [5.41, 5.74) is 5.73. The van der Waals surface area contributed by atoms with Crippen molar-refractivity contribution in [1.29, 1.82) is 0 Å². The van der Waals surface area contributed by atoms with E-state index in [0.29, 0.717) is 0 Å². The molecule has 0 aliphatic heterocycles. The Morgan fingerprint density at radius 1 is 1.27 bits per heavy atom. The lowest BCUT2D eigenvalue weighted by molar-refractivity contribution is -0.274. The van der Waals surface area contributed by atoms with Crippen molar-refractivity contribution in [3.8, 4) is 17.1 Å². The average Bonchev–Trinajstić information content (AvgIpc) is 2.86. The molecular formula is C14H12F3NO4. The number of carboxylic acid groups (broad SMARTS) is 1. The van der Waals surface area contributed by atoms with Crippen molar-refractivity contribution < 1.29 is 32.2 Å². The quantitative estimate of drug-likeness (QED) is 0.884. The molecule has 2 aromatic rings. The zero-order valence-corrected chi connectivity index (χ0v) is 11.1. The minimum Gasteiger partial charge on any atom is -0.481 e. The predicted octanol–water partition coefficient (Wildman–Crippen LogP) is 3.32. The molecule has 1 atom stereocenters. The third-order valence-electron chi connectivity index (χ3n) is 2.76. The van der Waals surface area contributed by atoms with Crippen LogP contribution in [0.2, 0.25) is 0 Å². The number of carbonyl (C=O) groups is 1. The molecule has 0 saturated heterocycles. The van der Waals surface area contributed by atoms with Crippen molar-refractivity contribution in [3.63, 3.8) is 0 Å². The van der Waals surface area contributed by atoms with Crippen molar-refractivity contribution >= 4 is 5.97 Å². The third kappa shape index (κ3) is 4.01. The van der Waals surface area contributed by atoms with Gasteiger partial charge in [0.25, 0.3) is 0 Å². The zero-order valence-electron chi connectivity index (χ0n) is 11.1. The fourth-order valence-corrected chi connectivity index (χ4v) is 1.87. The normalized spacial score (nSPS) is 12.9. The first kappa shape index (κ1) is 15.9. The van der Waals surface area contributed by atoms with E-state index < -0.39 is 24.1 Å². The fourth-order valence-electron chi connectivity index (χ4n) is 1.87. The van der Waals surface area contributed by atoms with Crippen LogP contribution in [-0.2, 0) is 4.79 Å².